The van der Waals surface area contributed by atoms with Gasteiger partial charge in [-0.15, -0.1) is 0 Å². The van der Waals surface area contributed by atoms with Gasteiger partial charge in [-0.05, 0) is 50.7 Å². The summed E-state index contributed by atoms with van der Waals surface area (Å²) in [5, 5.41) is 16.4. The number of benzene rings is 1. The first-order chi connectivity index (χ1) is 23.2. The summed E-state index contributed by atoms with van der Waals surface area (Å²) in [4.78, 5) is 74.2. The van der Waals surface area contributed by atoms with E-state index in [-0.39, 0.29) is 48.7 Å². The van der Waals surface area contributed by atoms with Crippen molar-refractivity contribution >= 4 is 41.3 Å². The molecule has 0 radical (unpaired) electrons. The molecule has 5 amide bonds. The highest BCUT2D eigenvalue weighted by molar-refractivity contribution is 5.91. The summed E-state index contributed by atoms with van der Waals surface area (Å²) in [5.41, 5.74) is 0.550. The van der Waals surface area contributed by atoms with Crippen molar-refractivity contribution in [1.29, 1.82) is 0 Å². The van der Waals surface area contributed by atoms with Gasteiger partial charge in [0.25, 0.3) is 17.7 Å². The Morgan fingerprint density at radius 1 is 0.917 bits per heavy atom. The first-order valence-electron chi connectivity index (χ1n) is 16.8. The zero-order valence-electron chi connectivity index (χ0n) is 27.4. The van der Waals surface area contributed by atoms with Gasteiger partial charge < -0.3 is 39.9 Å². The quantitative estimate of drug-likeness (QED) is 0.318. The predicted octanol–water partition coefficient (Wildman–Crippen LogP) is 1.85. The standard InChI is InChI=1S/C33H45N7O8/c1-2-3-14-27(41)37-16-18-38(19-17-37)28(42)20-34-33(46)48-31-32(45)40(24-11-5-4-6-12-24)21-26(36-31)47-22-29(43)39-15-8-13-25(39)30(44)35-23-9-7-10-23/h4-6,11-12,23,25,45H,2-3,7-10,13-22H2,1H3,(H,34,46)(H,35,44)/t25-/m0/s1. The summed E-state index contributed by atoms with van der Waals surface area (Å²) in [5.74, 6) is -1.72. The van der Waals surface area contributed by atoms with Gasteiger partial charge in [0.2, 0.25) is 23.6 Å². The van der Waals surface area contributed by atoms with Crippen molar-refractivity contribution in [3.05, 3.63) is 42.1 Å². The van der Waals surface area contributed by atoms with Crippen molar-refractivity contribution in [1.82, 2.24) is 25.3 Å². The van der Waals surface area contributed by atoms with E-state index in [0.717, 1.165) is 32.1 Å². The van der Waals surface area contributed by atoms with Crippen LogP contribution in [0.15, 0.2) is 47.1 Å². The number of piperazine rings is 1. The van der Waals surface area contributed by atoms with Crippen LogP contribution in [0.1, 0.15) is 58.3 Å². The molecular weight excluding hydrogens is 622 g/mol. The van der Waals surface area contributed by atoms with E-state index in [1.165, 1.54) is 9.80 Å². The lowest BCUT2D eigenvalue weighted by molar-refractivity contribution is -0.140. The maximum absolute atomic E-state index is 13.2. The molecule has 0 spiro atoms. The van der Waals surface area contributed by atoms with E-state index in [1.54, 1.807) is 40.1 Å². The third-order valence-electron chi connectivity index (χ3n) is 9.03. The summed E-state index contributed by atoms with van der Waals surface area (Å²) < 4.78 is 11.1. The summed E-state index contributed by atoms with van der Waals surface area (Å²) in [7, 11) is 0. The van der Waals surface area contributed by atoms with Gasteiger partial charge in [-0.3, -0.25) is 24.1 Å². The average molecular weight is 668 g/mol. The first kappa shape index (κ1) is 34.5. The summed E-state index contributed by atoms with van der Waals surface area (Å²) >= 11 is 0. The van der Waals surface area contributed by atoms with Crippen LogP contribution in [0.4, 0.5) is 10.5 Å². The Morgan fingerprint density at radius 2 is 1.62 bits per heavy atom. The fourth-order valence-corrected chi connectivity index (χ4v) is 5.98. The highest BCUT2D eigenvalue weighted by Gasteiger charge is 2.36. The van der Waals surface area contributed by atoms with Gasteiger partial charge in [-0.1, -0.05) is 31.5 Å². The smallest absolute Gasteiger partial charge is 0.414 e. The number of nitrogens with one attached hydrogen (secondary N) is 2. The Bertz CT molecular complexity index is 1410. The molecular formula is C33H45N7O8. The zero-order chi connectivity index (χ0) is 34.0. The second-order valence-electron chi connectivity index (χ2n) is 12.3. The van der Waals surface area contributed by atoms with E-state index >= 15 is 0 Å². The van der Waals surface area contributed by atoms with E-state index in [2.05, 4.69) is 15.6 Å². The Labute approximate surface area is 279 Å². The molecule has 3 aliphatic heterocycles. The molecule has 15 nitrogen and oxygen atoms in total. The number of rotatable bonds is 11. The summed E-state index contributed by atoms with van der Waals surface area (Å²) in [6.07, 6.45) is 5.50. The summed E-state index contributed by atoms with van der Waals surface area (Å²) in [6, 6.07) is 8.41. The van der Waals surface area contributed by atoms with E-state index < -0.39 is 30.5 Å². The molecule has 0 bridgehead atoms. The number of amides is 5. The number of ether oxygens (including phenoxy) is 2. The number of para-hydroxylation sites is 1. The van der Waals surface area contributed by atoms with Crippen LogP contribution in [-0.2, 0) is 28.7 Å². The van der Waals surface area contributed by atoms with Crippen LogP contribution in [0.5, 0.6) is 0 Å². The van der Waals surface area contributed by atoms with Gasteiger partial charge in [0.15, 0.2) is 6.61 Å². The fraction of sp³-hybridized carbons (Fsp3) is 0.576. The molecule has 48 heavy (non-hydrogen) atoms. The maximum atomic E-state index is 13.2. The highest BCUT2D eigenvalue weighted by Crippen LogP contribution is 2.25. The molecule has 4 aliphatic rings. The lowest BCUT2D eigenvalue weighted by atomic mass is 9.93. The largest absolute Gasteiger partial charge is 0.491 e. The number of carbonyl (C=O) groups is 5. The fourth-order valence-electron chi connectivity index (χ4n) is 5.98. The maximum Gasteiger partial charge on any atom is 0.414 e. The number of aliphatic hydroxyl groups excluding tert-OH is 1. The lowest BCUT2D eigenvalue weighted by Crippen LogP contribution is -2.52. The van der Waals surface area contributed by atoms with Crippen LogP contribution in [0.2, 0.25) is 0 Å². The number of likely N-dealkylation sites (tertiary alicyclic amines) is 1. The van der Waals surface area contributed by atoms with Gasteiger partial charge in [0.05, 0.1) is 0 Å². The normalized spacial score (nSPS) is 19.8. The van der Waals surface area contributed by atoms with Gasteiger partial charge in [0, 0.05) is 50.9 Å². The van der Waals surface area contributed by atoms with Crippen LogP contribution in [-0.4, -0.2) is 120 Å². The van der Waals surface area contributed by atoms with E-state index in [9.17, 15) is 29.1 Å². The minimum Gasteiger partial charge on any atom is -0.491 e. The van der Waals surface area contributed by atoms with Gasteiger partial charge >= 0.3 is 6.09 Å². The molecule has 1 aromatic carbocycles. The lowest BCUT2D eigenvalue weighted by Gasteiger charge is -2.34. The molecule has 3 N–H and O–H groups in total. The van der Waals surface area contributed by atoms with Gasteiger partial charge in [-0.2, -0.15) is 4.99 Å². The molecule has 3 heterocycles. The second-order valence-corrected chi connectivity index (χ2v) is 12.3. The highest BCUT2D eigenvalue weighted by atomic mass is 16.6. The Kier molecular flexibility index (Phi) is 11.7. The minimum absolute atomic E-state index is 0.00454. The number of alkyl carbamates (subject to hydrolysis) is 1. The van der Waals surface area contributed by atoms with E-state index in [1.807, 2.05) is 6.92 Å². The number of aliphatic imine (C=N–C) groups is 1. The Balaban J connectivity index is 1.16. The molecule has 0 aromatic heterocycles. The number of nitrogens with zero attached hydrogens (tertiary/aromatic N) is 5. The number of unbranched alkanes of at least 4 members (excludes halogenated alkanes) is 1. The topological polar surface area (TPSA) is 173 Å². The van der Waals surface area contributed by atoms with Crippen molar-refractivity contribution in [3.63, 3.8) is 0 Å². The monoisotopic (exact) mass is 667 g/mol. The number of hydrogen-bond donors (Lipinski definition) is 3. The molecule has 0 unspecified atom stereocenters. The molecule has 1 atom stereocenters. The number of carbonyl (C=O) groups excluding carboxylic acids is 5. The van der Waals surface area contributed by atoms with Crippen LogP contribution in [0, 0.1) is 0 Å². The zero-order valence-corrected chi connectivity index (χ0v) is 27.4. The molecule has 15 heteroatoms. The van der Waals surface area contributed by atoms with Crippen LogP contribution in [0.3, 0.4) is 0 Å². The summed E-state index contributed by atoms with van der Waals surface area (Å²) in [6.45, 7) is 3.23. The average Bonchev–Trinajstić information content (AvgIpc) is 3.59. The van der Waals surface area contributed by atoms with E-state index in [4.69, 9.17) is 9.47 Å². The van der Waals surface area contributed by atoms with Crippen molar-refractivity contribution in [2.45, 2.75) is 70.4 Å². The van der Waals surface area contributed by atoms with Crippen LogP contribution >= 0.6 is 0 Å². The SMILES string of the molecule is CCCCC(=O)N1CCN(C(=O)CNC(=O)OC2=C(O)N(c3ccccc3)CC(OCC(=O)N3CCC[C@H]3C(=O)NC3CCC3)=N2)CC1. The Hall–Kier alpha value is -4.82. The second kappa shape index (κ2) is 16.3. The molecule has 1 aromatic rings. The van der Waals surface area contributed by atoms with Gasteiger partial charge in [0.1, 0.15) is 19.1 Å². The molecule has 1 saturated carbocycles. The molecule has 2 saturated heterocycles. The molecule has 1 aliphatic carbocycles. The molecule has 3 fully saturated rings. The number of aliphatic hydroxyl groups is 1. The molecule has 260 valence electrons. The predicted molar refractivity (Wildman–Crippen MR) is 175 cm³/mol. The van der Waals surface area contributed by atoms with Crippen LogP contribution in [0.25, 0.3) is 0 Å². The van der Waals surface area contributed by atoms with Crippen molar-refractivity contribution < 1.29 is 38.6 Å². The third kappa shape index (κ3) is 8.75. The first-order valence-corrected chi connectivity index (χ1v) is 16.8. The number of hydrogen-bond acceptors (Lipinski definition) is 10. The van der Waals surface area contributed by atoms with Crippen LogP contribution < -0.4 is 15.5 Å². The van der Waals surface area contributed by atoms with Gasteiger partial charge in [-0.25, -0.2) is 4.79 Å². The number of anilines is 1. The van der Waals surface area contributed by atoms with Crippen molar-refractivity contribution in [3.8, 4) is 0 Å². The van der Waals surface area contributed by atoms with Crippen molar-refractivity contribution in [2.24, 2.45) is 4.99 Å². The molecule has 5 rings (SSSR count). The van der Waals surface area contributed by atoms with Crippen molar-refractivity contribution in [2.75, 3.05) is 57.3 Å². The van der Waals surface area contributed by atoms with E-state index in [0.29, 0.717) is 57.7 Å². The minimum atomic E-state index is -1.02. The Morgan fingerprint density at radius 3 is 2.29 bits per heavy atom. The third-order valence-corrected chi connectivity index (χ3v) is 9.03.